The van der Waals surface area contributed by atoms with Gasteiger partial charge in [0.15, 0.2) is 0 Å². The molecule has 0 spiro atoms. The maximum Gasteiger partial charge on any atom is 0.258 e. The highest BCUT2D eigenvalue weighted by atomic mass is 19.1. The zero-order valence-electron chi connectivity index (χ0n) is 15.5. The molecular weight excluding hydrogens is 369 g/mol. The van der Waals surface area contributed by atoms with Gasteiger partial charge in [0.2, 0.25) is 0 Å². The molecule has 6 heteroatoms. The summed E-state index contributed by atoms with van der Waals surface area (Å²) in [7, 11) is 0. The van der Waals surface area contributed by atoms with Crippen LogP contribution in [0.15, 0.2) is 60.7 Å². The zero-order valence-corrected chi connectivity index (χ0v) is 15.5. The van der Waals surface area contributed by atoms with Crippen LogP contribution in [0, 0.1) is 5.82 Å². The lowest BCUT2D eigenvalue weighted by Gasteiger charge is -2.16. The van der Waals surface area contributed by atoms with Crippen LogP contribution in [0.2, 0.25) is 0 Å². The van der Waals surface area contributed by atoms with Gasteiger partial charge in [-0.05, 0) is 34.9 Å². The van der Waals surface area contributed by atoms with Crippen LogP contribution < -0.4 is 0 Å². The van der Waals surface area contributed by atoms with E-state index in [-0.39, 0.29) is 23.0 Å². The molecule has 1 aliphatic rings. The molecule has 1 aliphatic heterocycles. The molecule has 0 saturated carbocycles. The third-order valence-electron chi connectivity index (χ3n) is 5.38. The monoisotopic (exact) mass is 387 g/mol. The van der Waals surface area contributed by atoms with Crippen LogP contribution in [0.25, 0.3) is 10.9 Å². The molecule has 2 N–H and O–H groups in total. The number of hydrogen-bond donors (Lipinski definition) is 2. The number of carbonyl (C=O) groups is 1. The Morgan fingerprint density at radius 3 is 2.69 bits per heavy atom. The van der Waals surface area contributed by atoms with E-state index >= 15 is 0 Å². The molecule has 5 rings (SSSR count). The number of nitrogens with one attached hydrogen (secondary N) is 1. The van der Waals surface area contributed by atoms with E-state index in [9.17, 15) is 14.3 Å². The molecule has 0 fully saturated rings. The Kier molecular flexibility index (Phi) is 4.05. The second kappa shape index (κ2) is 6.74. The van der Waals surface area contributed by atoms with Gasteiger partial charge in [-0.15, -0.1) is 0 Å². The van der Waals surface area contributed by atoms with Crippen molar-refractivity contribution in [3.8, 4) is 5.75 Å². The number of phenolic OH excluding ortho intramolecular Hbond substituents is 1. The highest BCUT2D eigenvalue weighted by Crippen LogP contribution is 2.31. The third kappa shape index (κ3) is 3.12. The first-order valence-corrected chi connectivity index (χ1v) is 9.39. The molecule has 0 aliphatic carbocycles. The van der Waals surface area contributed by atoms with Crippen LogP contribution in [-0.2, 0) is 19.5 Å². The molecular formula is C23H18FN3O2. The average molecular weight is 387 g/mol. The van der Waals surface area contributed by atoms with Crippen LogP contribution >= 0.6 is 0 Å². The highest BCUT2D eigenvalue weighted by molar-refractivity contribution is 6.01. The van der Waals surface area contributed by atoms with E-state index in [1.807, 2.05) is 30.3 Å². The zero-order chi connectivity index (χ0) is 20.0. The van der Waals surface area contributed by atoms with Crippen molar-refractivity contribution in [1.29, 1.82) is 0 Å². The van der Waals surface area contributed by atoms with E-state index in [1.165, 1.54) is 18.2 Å². The summed E-state index contributed by atoms with van der Waals surface area (Å²) < 4.78 is 13.5. The quantitative estimate of drug-likeness (QED) is 0.555. The summed E-state index contributed by atoms with van der Waals surface area (Å²) in [4.78, 5) is 14.7. The van der Waals surface area contributed by atoms with Gasteiger partial charge >= 0.3 is 0 Å². The van der Waals surface area contributed by atoms with Crippen molar-refractivity contribution in [1.82, 2.24) is 15.1 Å². The Hall–Kier alpha value is -3.67. The highest BCUT2D eigenvalue weighted by Gasteiger charge is 2.27. The number of H-pyrrole nitrogens is 1. The van der Waals surface area contributed by atoms with Crippen molar-refractivity contribution in [2.75, 3.05) is 0 Å². The van der Waals surface area contributed by atoms with Gasteiger partial charge in [-0.1, -0.05) is 36.4 Å². The molecule has 29 heavy (non-hydrogen) atoms. The lowest BCUT2D eigenvalue weighted by atomic mass is 10.0. The van der Waals surface area contributed by atoms with Crippen molar-refractivity contribution in [2.45, 2.75) is 19.5 Å². The first-order chi connectivity index (χ1) is 14.1. The summed E-state index contributed by atoms with van der Waals surface area (Å²) in [5.41, 5.74) is 4.56. The van der Waals surface area contributed by atoms with Crippen molar-refractivity contribution in [3.63, 3.8) is 0 Å². The number of amides is 1. The summed E-state index contributed by atoms with van der Waals surface area (Å²) in [6, 6.07) is 17.7. The summed E-state index contributed by atoms with van der Waals surface area (Å²) in [6.45, 7) is 0.722. The number of aromatic amines is 1. The minimum Gasteiger partial charge on any atom is -0.507 e. The van der Waals surface area contributed by atoms with E-state index < -0.39 is 0 Å². The number of aromatic nitrogens is 2. The van der Waals surface area contributed by atoms with E-state index in [1.54, 1.807) is 17.0 Å². The molecule has 0 atom stereocenters. The van der Waals surface area contributed by atoms with Gasteiger partial charge in [-0.3, -0.25) is 9.89 Å². The Morgan fingerprint density at radius 2 is 1.86 bits per heavy atom. The molecule has 0 unspecified atom stereocenters. The molecule has 2 heterocycles. The van der Waals surface area contributed by atoms with Crippen LogP contribution in [-0.4, -0.2) is 26.1 Å². The average Bonchev–Trinajstić information content (AvgIpc) is 3.31. The van der Waals surface area contributed by atoms with Crippen LogP contribution in [0.4, 0.5) is 4.39 Å². The molecule has 0 bridgehead atoms. The summed E-state index contributed by atoms with van der Waals surface area (Å²) in [5, 5.41) is 18.5. The molecule has 1 amide bonds. The normalized spacial score (nSPS) is 13.1. The molecule has 4 aromatic rings. The predicted molar refractivity (Wildman–Crippen MR) is 107 cm³/mol. The van der Waals surface area contributed by atoms with Crippen LogP contribution in [0.3, 0.4) is 0 Å². The number of aromatic hydroxyl groups is 1. The first-order valence-electron chi connectivity index (χ1n) is 9.39. The van der Waals surface area contributed by atoms with Crippen molar-refractivity contribution < 1.29 is 14.3 Å². The Balaban J connectivity index is 1.48. The largest absolute Gasteiger partial charge is 0.507 e. The van der Waals surface area contributed by atoms with E-state index in [0.29, 0.717) is 25.0 Å². The number of nitrogens with zero attached hydrogens (tertiary/aromatic N) is 2. The van der Waals surface area contributed by atoms with E-state index in [0.717, 1.165) is 27.8 Å². The van der Waals surface area contributed by atoms with Gasteiger partial charge in [0.1, 0.15) is 11.6 Å². The fourth-order valence-electron chi connectivity index (χ4n) is 3.88. The molecule has 0 radical (unpaired) electrons. The number of rotatable bonds is 3. The van der Waals surface area contributed by atoms with E-state index in [4.69, 9.17) is 0 Å². The SMILES string of the molecule is O=C(c1cc2c(Cc3ccccc3)[nH]nc2cc1O)N1Cc2ccc(F)cc2C1. The number of hydrogen-bond acceptors (Lipinski definition) is 3. The number of fused-ring (bicyclic) bond motifs is 2. The van der Waals surface area contributed by atoms with Gasteiger partial charge in [-0.25, -0.2) is 4.39 Å². The Labute approximate surface area is 166 Å². The van der Waals surface area contributed by atoms with Gasteiger partial charge in [0.05, 0.1) is 11.1 Å². The molecule has 1 aromatic heterocycles. The van der Waals surface area contributed by atoms with Crippen molar-refractivity contribution in [3.05, 3.63) is 94.4 Å². The second-order valence-corrected chi connectivity index (χ2v) is 7.33. The van der Waals surface area contributed by atoms with Gasteiger partial charge in [-0.2, -0.15) is 5.10 Å². The third-order valence-corrected chi connectivity index (χ3v) is 5.38. The smallest absolute Gasteiger partial charge is 0.258 e. The maximum absolute atomic E-state index is 13.5. The van der Waals surface area contributed by atoms with Crippen molar-refractivity contribution in [2.24, 2.45) is 0 Å². The lowest BCUT2D eigenvalue weighted by Crippen LogP contribution is -2.25. The van der Waals surface area contributed by atoms with Gasteiger partial charge in [0.25, 0.3) is 5.91 Å². The summed E-state index contributed by atoms with van der Waals surface area (Å²) >= 11 is 0. The molecule has 0 saturated heterocycles. The Morgan fingerprint density at radius 1 is 1.07 bits per heavy atom. The molecule has 3 aromatic carbocycles. The standard InChI is InChI=1S/C23H18FN3O2/c24-17-7-6-15-12-27(13-16(15)9-17)23(29)19-10-18-20(8-14-4-2-1-3-5-14)25-26-21(18)11-22(19)28/h1-7,9-11,28H,8,12-13H2,(H,25,26). The summed E-state index contributed by atoms with van der Waals surface area (Å²) in [5.74, 6) is -0.707. The Bertz CT molecular complexity index is 1230. The topological polar surface area (TPSA) is 69.2 Å². The predicted octanol–water partition coefficient (Wildman–Crippen LogP) is 4.15. The number of carbonyl (C=O) groups excluding carboxylic acids is 1. The van der Waals surface area contributed by atoms with Crippen LogP contribution in [0.1, 0.15) is 32.7 Å². The second-order valence-electron chi connectivity index (χ2n) is 7.33. The number of benzene rings is 3. The number of phenols is 1. The maximum atomic E-state index is 13.5. The van der Waals surface area contributed by atoms with Gasteiger partial charge in [0, 0.05) is 36.7 Å². The van der Waals surface area contributed by atoms with Crippen LogP contribution in [0.5, 0.6) is 5.75 Å². The number of halogens is 1. The minimum atomic E-state index is -0.314. The summed E-state index contributed by atoms with van der Waals surface area (Å²) in [6.07, 6.45) is 0.643. The lowest BCUT2D eigenvalue weighted by molar-refractivity contribution is 0.0748. The van der Waals surface area contributed by atoms with E-state index in [2.05, 4.69) is 10.2 Å². The first kappa shape index (κ1) is 17.4. The fourth-order valence-corrected chi connectivity index (χ4v) is 3.88. The fraction of sp³-hybridized carbons (Fsp3) is 0.130. The van der Waals surface area contributed by atoms with Crippen molar-refractivity contribution >= 4 is 16.8 Å². The molecule has 144 valence electrons. The van der Waals surface area contributed by atoms with Gasteiger partial charge < -0.3 is 10.0 Å². The minimum absolute atomic E-state index is 0.109. The molecule has 5 nitrogen and oxygen atoms in total.